The van der Waals surface area contributed by atoms with E-state index in [1.165, 1.54) is 5.56 Å². The summed E-state index contributed by atoms with van der Waals surface area (Å²) in [5.41, 5.74) is 2.11. The first kappa shape index (κ1) is 16.0. The first-order valence-corrected chi connectivity index (χ1v) is 7.76. The van der Waals surface area contributed by atoms with E-state index in [1.807, 2.05) is 19.1 Å². The number of nitrogens with zero attached hydrogens (tertiary/aromatic N) is 1. The highest BCUT2D eigenvalue weighted by atomic mass is 16.3. The van der Waals surface area contributed by atoms with Gasteiger partial charge in [-0.25, -0.2) is 0 Å². The molecule has 1 fully saturated rings. The Morgan fingerprint density at radius 1 is 1.33 bits per heavy atom. The van der Waals surface area contributed by atoms with Gasteiger partial charge >= 0.3 is 0 Å². The minimum Gasteiger partial charge on any atom is -0.393 e. The van der Waals surface area contributed by atoms with Crippen molar-refractivity contribution in [2.45, 2.75) is 39.2 Å². The van der Waals surface area contributed by atoms with Crippen molar-refractivity contribution >= 4 is 11.6 Å². The summed E-state index contributed by atoms with van der Waals surface area (Å²) in [5, 5.41) is 12.5. The van der Waals surface area contributed by atoms with E-state index in [9.17, 15) is 9.90 Å². The molecule has 2 atom stereocenters. The number of aliphatic hydroxyl groups excluding tert-OH is 1. The highest BCUT2D eigenvalue weighted by Gasteiger charge is 2.26. The standard InChI is InChI=1S/C17H26N2O2/c1-12(2)14-4-6-16(7-5-14)18-17(21)11-19-9-8-15(10-19)13(3)20/h4-7,12-13,15,20H,8-11H2,1-3H3,(H,18,21). The van der Waals surface area contributed by atoms with Crippen molar-refractivity contribution < 1.29 is 9.90 Å². The normalized spacial score (nSPS) is 20.7. The van der Waals surface area contributed by atoms with Gasteiger partial charge in [0, 0.05) is 12.2 Å². The van der Waals surface area contributed by atoms with Crippen molar-refractivity contribution in [1.29, 1.82) is 0 Å². The summed E-state index contributed by atoms with van der Waals surface area (Å²) in [4.78, 5) is 14.2. The van der Waals surface area contributed by atoms with E-state index in [0.717, 1.165) is 25.2 Å². The van der Waals surface area contributed by atoms with Crippen LogP contribution in [-0.4, -0.2) is 41.7 Å². The third-order valence-corrected chi connectivity index (χ3v) is 4.22. The molecule has 0 saturated carbocycles. The van der Waals surface area contributed by atoms with Crippen LogP contribution in [-0.2, 0) is 4.79 Å². The number of carbonyl (C=O) groups is 1. The third kappa shape index (κ3) is 4.55. The van der Waals surface area contributed by atoms with E-state index in [4.69, 9.17) is 0 Å². The predicted molar refractivity (Wildman–Crippen MR) is 85.4 cm³/mol. The molecular weight excluding hydrogens is 264 g/mol. The highest BCUT2D eigenvalue weighted by molar-refractivity contribution is 5.92. The Hall–Kier alpha value is -1.39. The highest BCUT2D eigenvalue weighted by Crippen LogP contribution is 2.20. The zero-order chi connectivity index (χ0) is 15.4. The van der Waals surface area contributed by atoms with Gasteiger partial charge in [0.2, 0.25) is 5.91 Å². The van der Waals surface area contributed by atoms with Crippen molar-refractivity contribution in [1.82, 2.24) is 4.90 Å². The Morgan fingerprint density at radius 2 is 2.00 bits per heavy atom. The number of anilines is 1. The predicted octanol–water partition coefficient (Wildman–Crippen LogP) is 2.45. The largest absolute Gasteiger partial charge is 0.393 e. The summed E-state index contributed by atoms with van der Waals surface area (Å²) >= 11 is 0. The fourth-order valence-electron chi connectivity index (χ4n) is 2.75. The van der Waals surface area contributed by atoms with E-state index >= 15 is 0 Å². The Kier molecular flexibility index (Phi) is 5.37. The van der Waals surface area contributed by atoms with Crippen molar-refractivity contribution in [3.05, 3.63) is 29.8 Å². The van der Waals surface area contributed by atoms with Crippen LogP contribution in [0, 0.1) is 5.92 Å². The molecule has 2 rings (SSSR count). The Labute approximate surface area is 127 Å². The van der Waals surface area contributed by atoms with Crippen molar-refractivity contribution in [2.75, 3.05) is 25.0 Å². The number of carbonyl (C=O) groups excluding carboxylic acids is 1. The molecule has 0 radical (unpaired) electrons. The summed E-state index contributed by atoms with van der Waals surface area (Å²) in [7, 11) is 0. The fourth-order valence-corrected chi connectivity index (χ4v) is 2.75. The molecule has 4 nitrogen and oxygen atoms in total. The zero-order valence-electron chi connectivity index (χ0n) is 13.2. The minimum atomic E-state index is -0.290. The summed E-state index contributed by atoms with van der Waals surface area (Å²) in [6, 6.07) is 8.02. The molecule has 1 heterocycles. The molecule has 1 amide bonds. The number of aliphatic hydroxyl groups is 1. The molecule has 116 valence electrons. The van der Waals surface area contributed by atoms with E-state index < -0.39 is 0 Å². The van der Waals surface area contributed by atoms with Gasteiger partial charge in [-0.15, -0.1) is 0 Å². The Morgan fingerprint density at radius 3 is 2.52 bits per heavy atom. The summed E-state index contributed by atoms with van der Waals surface area (Å²) in [6.07, 6.45) is 0.676. The zero-order valence-corrected chi connectivity index (χ0v) is 13.2. The SMILES string of the molecule is CC(C)c1ccc(NC(=O)CN2CCC(C(C)O)C2)cc1. The minimum absolute atomic E-state index is 0.0125. The molecule has 2 N–H and O–H groups in total. The maximum atomic E-state index is 12.0. The van der Waals surface area contributed by atoms with E-state index in [2.05, 4.69) is 36.2 Å². The second-order valence-corrected chi connectivity index (χ2v) is 6.35. The van der Waals surface area contributed by atoms with Crippen LogP contribution in [0.2, 0.25) is 0 Å². The van der Waals surface area contributed by atoms with Crippen LogP contribution in [0.15, 0.2) is 24.3 Å². The number of rotatable bonds is 5. The van der Waals surface area contributed by atoms with Crippen molar-refractivity contribution in [3.8, 4) is 0 Å². The number of hydrogen-bond acceptors (Lipinski definition) is 3. The number of amides is 1. The topological polar surface area (TPSA) is 52.6 Å². The molecule has 1 aliphatic rings. The van der Waals surface area contributed by atoms with Gasteiger partial charge in [0.05, 0.1) is 12.6 Å². The number of benzene rings is 1. The maximum Gasteiger partial charge on any atom is 0.238 e. The Bertz CT molecular complexity index is 468. The number of nitrogens with one attached hydrogen (secondary N) is 1. The van der Waals surface area contributed by atoms with Gasteiger partial charge in [-0.2, -0.15) is 0 Å². The van der Waals surface area contributed by atoms with Crippen LogP contribution in [0.3, 0.4) is 0 Å². The van der Waals surface area contributed by atoms with Crippen LogP contribution in [0.4, 0.5) is 5.69 Å². The van der Waals surface area contributed by atoms with E-state index in [0.29, 0.717) is 18.4 Å². The number of likely N-dealkylation sites (tertiary alicyclic amines) is 1. The van der Waals surface area contributed by atoms with Crippen LogP contribution < -0.4 is 5.32 Å². The van der Waals surface area contributed by atoms with Crippen LogP contribution >= 0.6 is 0 Å². The quantitative estimate of drug-likeness (QED) is 0.876. The lowest BCUT2D eigenvalue weighted by Crippen LogP contribution is -2.32. The van der Waals surface area contributed by atoms with Crippen molar-refractivity contribution in [2.24, 2.45) is 5.92 Å². The molecule has 1 aromatic rings. The van der Waals surface area contributed by atoms with Gasteiger partial charge in [-0.1, -0.05) is 26.0 Å². The molecule has 0 aromatic heterocycles. The monoisotopic (exact) mass is 290 g/mol. The van der Waals surface area contributed by atoms with E-state index in [-0.39, 0.29) is 12.0 Å². The second-order valence-electron chi connectivity index (χ2n) is 6.35. The average Bonchev–Trinajstić information content (AvgIpc) is 2.87. The van der Waals surface area contributed by atoms with Gasteiger partial charge in [-0.3, -0.25) is 9.69 Å². The molecule has 2 unspecified atom stereocenters. The summed E-state index contributed by atoms with van der Waals surface area (Å²) in [6.45, 7) is 8.21. The lowest BCUT2D eigenvalue weighted by molar-refractivity contribution is -0.117. The third-order valence-electron chi connectivity index (χ3n) is 4.22. The molecule has 1 aromatic carbocycles. The lowest BCUT2D eigenvalue weighted by atomic mass is 10.0. The lowest BCUT2D eigenvalue weighted by Gasteiger charge is -2.17. The number of hydrogen-bond donors (Lipinski definition) is 2. The maximum absolute atomic E-state index is 12.0. The summed E-state index contributed by atoms with van der Waals surface area (Å²) < 4.78 is 0. The molecule has 0 aliphatic carbocycles. The molecule has 0 bridgehead atoms. The average molecular weight is 290 g/mol. The van der Waals surface area contributed by atoms with Gasteiger partial charge in [0.15, 0.2) is 0 Å². The molecular formula is C17H26N2O2. The van der Waals surface area contributed by atoms with Crippen LogP contribution in [0.25, 0.3) is 0 Å². The molecule has 21 heavy (non-hydrogen) atoms. The second kappa shape index (κ2) is 7.05. The van der Waals surface area contributed by atoms with Gasteiger partial charge in [-0.05, 0) is 49.4 Å². The van der Waals surface area contributed by atoms with Crippen LogP contribution in [0.1, 0.15) is 38.7 Å². The smallest absolute Gasteiger partial charge is 0.238 e. The Balaban J connectivity index is 1.82. The first-order valence-electron chi connectivity index (χ1n) is 7.76. The van der Waals surface area contributed by atoms with E-state index in [1.54, 1.807) is 0 Å². The molecule has 4 heteroatoms. The fraction of sp³-hybridized carbons (Fsp3) is 0.588. The molecule has 1 saturated heterocycles. The van der Waals surface area contributed by atoms with Crippen molar-refractivity contribution in [3.63, 3.8) is 0 Å². The summed E-state index contributed by atoms with van der Waals surface area (Å²) in [5.74, 6) is 0.804. The molecule has 0 spiro atoms. The van der Waals surface area contributed by atoms with Gasteiger partial charge in [0.1, 0.15) is 0 Å². The van der Waals surface area contributed by atoms with Gasteiger partial charge in [0.25, 0.3) is 0 Å². The molecule has 1 aliphatic heterocycles. The van der Waals surface area contributed by atoms with Gasteiger partial charge < -0.3 is 10.4 Å². The van der Waals surface area contributed by atoms with Crippen LogP contribution in [0.5, 0.6) is 0 Å². The first-order chi connectivity index (χ1) is 9.95.